The Morgan fingerprint density at radius 1 is 1.50 bits per heavy atom. The lowest BCUT2D eigenvalue weighted by Crippen LogP contribution is -2.60. The van der Waals surface area contributed by atoms with Gasteiger partial charge in [-0.2, -0.15) is 0 Å². The van der Waals surface area contributed by atoms with Crippen molar-refractivity contribution in [3.8, 4) is 0 Å². The highest BCUT2D eigenvalue weighted by atomic mass is 16.4. The smallest absolute Gasteiger partial charge is 0.326 e. The predicted molar refractivity (Wildman–Crippen MR) is 73.2 cm³/mol. The van der Waals surface area contributed by atoms with Crippen LogP contribution in [-0.4, -0.2) is 53.1 Å². The molecule has 0 aromatic rings. The molecule has 0 saturated carbocycles. The Morgan fingerprint density at radius 3 is 2.65 bits per heavy atom. The number of nitrogens with one attached hydrogen (secondary N) is 2. The van der Waals surface area contributed by atoms with Gasteiger partial charge in [0.05, 0.1) is 0 Å². The first kappa shape index (κ1) is 16.3. The number of hydrogen-bond acceptors (Lipinski definition) is 3. The Balaban J connectivity index is 2.72. The largest absolute Gasteiger partial charge is 0.480 e. The van der Waals surface area contributed by atoms with Crippen LogP contribution in [0.5, 0.6) is 0 Å². The minimum atomic E-state index is -1.05. The predicted octanol–water partition coefficient (Wildman–Crippen LogP) is 0.406. The number of hydrogen-bond donors (Lipinski definition) is 3. The van der Waals surface area contributed by atoms with Crippen molar-refractivity contribution < 1.29 is 19.5 Å². The number of nitrogens with zero attached hydrogens (tertiary/aromatic N) is 1. The van der Waals surface area contributed by atoms with E-state index in [1.54, 1.807) is 0 Å². The van der Waals surface area contributed by atoms with Crippen LogP contribution in [0.3, 0.4) is 0 Å². The Morgan fingerprint density at radius 2 is 2.15 bits per heavy atom. The number of rotatable bonds is 5. The molecule has 1 saturated heterocycles. The molecular weight excluding hydrogens is 262 g/mol. The van der Waals surface area contributed by atoms with Gasteiger partial charge in [0.1, 0.15) is 12.1 Å². The first-order valence-corrected chi connectivity index (χ1v) is 6.94. The van der Waals surface area contributed by atoms with Gasteiger partial charge in [0, 0.05) is 13.1 Å². The molecule has 7 heteroatoms. The maximum Gasteiger partial charge on any atom is 0.326 e. The first-order chi connectivity index (χ1) is 9.36. The molecule has 0 aromatic heterocycles. The summed E-state index contributed by atoms with van der Waals surface area (Å²) in [4.78, 5) is 36.4. The summed E-state index contributed by atoms with van der Waals surface area (Å²) < 4.78 is 0. The summed E-state index contributed by atoms with van der Waals surface area (Å²) in [6.07, 6.45) is 0.860. The lowest BCUT2D eigenvalue weighted by molar-refractivity contribution is -0.139. The van der Waals surface area contributed by atoms with Crippen LogP contribution in [-0.2, 0) is 9.59 Å². The van der Waals surface area contributed by atoms with Crippen LogP contribution in [0.25, 0.3) is 0 Å². The molecule has 1 rings (SSSR count). The Bertz CT molecular complexity index is 384. The highest BCUT2D eigenvalue weighted by Crippen LogP contribution is 2.11. The van der Waals surface area contributed by atoms with E-state index in [9.17, 15) is 14.4 Å². The Hall–Kier alpha value is -1.79. The topological polar surface area (TPSA) is 98.7 Å². The standard InChI is InChI=1S/C13H23N3O4/c1-4-10-11(17)14-5-6-16(10)13(20)15-9(12(18)19)7-8(2)3/h8-10H,4-7H2,1-3H3,(H,14,17)(H,15,20)(H,18,19). The van der Waals surface area contributed by atoms with Crippen molar-refractivity contribution in [2.45, 2.75) is 45.7 Å². The number of carboxylic acid groups (broad SMARTS) is 1. The van der Waals surface area contributed by atoms with Crippen molar-refractivity contribution >= 4 is 17.9 Å². The summed E-state index contributed by atoms with van der Waals surface area (Å²) in [5.74, 6) is -1.09. The van der Waals surface area contributed by atoms with Gasteiger partial charge < -0.3 is 20.6 Å². The molecule has 20 heavy (non-hydrogen) atoms. The van der Waals surface area contributed by atoms with Crippen LogP contribution < -0.4 is 10.6 Å². The summed E-state index contributed by atoms with van der Waals surface area (Å²) in [6, 6.07) is -1.94. The number of piperazine rings is 1. The fraction of sp³-hybridized carbons (Fsp3) is 0.769. The molecule has 0 bridgehead atoms. The van der Waals surface area contributed by atoms with Crippen LogP contribution in [0.15, 0.2) is 0 Å². The molecule has 0 aromatic carbocycles. The van der Waals surface area contributed by atoms with Crippen LogP contribution in [0.1, 0.15) is 33.6 Å². The SMILES string of the molecule is CCC1C(=O)NCCN1C(=O)NC(CC(C)C)C(=O)O. The third kappa shape index (κ3) is 4.11. The third-order valence-electron chi connectivity index (χ3n) is 3.28. The van der Waals surface area contributed by atoms with Crippen molar-refractivity contribution in [1.29, 1.82) is 0 Å². The normalized spacial score (nSPS) is 20.5. The molecule has 2 atom stereocenters. The van der Waals surface area contributed by atoms with E-state index in [2.05, 4.69) is 10.6 Å². The molecule has 7 nitrogen and oxygen atoms in total. The average Bonchev–Trinajstić information content (AvgIpc) is 2.36. The summed E-state index contributed by atoms with van der Waals surface area (Å²) in [5, 5.41) is 14.3. The molecule has 3 amide bonds. The van der Waals surface area contributed by atoms with Gasteiger partial charge in [0.2, 0.25) is 5.91 Å². The molecule has 114 valence electrons. The van der Waals surface area contributed by atoms with Crippen LogP contribution in [0, 0.1) is 5.92 Å². The maximum atomic E-state index is 12.2. The molecule has 3 N–H and O–H groups in total. The minimum absolute atomic E-state index is 0.156. The average molecular weight is 285 g/mol. The number of aliphatic carboxylic acids is 1. The van der Waals surface area contributed by atoms with Crippen LogP contribution >= 0.6 is 0 Å². The summed E-state index contributed by atoms with van der Waals surface area (Å²) in [5.41, 5.74) is 0. The van der Waals surface area contributed by atoms with Gasteiger partial charge in [-0.05, 0) is 18.8 Å². The van der Waals surface area contributed by atoms with E-state index < -0.39 is 24.1 Å². The zero-order valence-corrected chi connectivity index (χ0v) is 12.2. The maximum absolute atomic E-state index is 12.2. The Kier molecular flexibility index (Phi) is 5.79. The van der Waals surface area contributed by atoms with Crippen molar-refractivity contribution in [3.63, 3.8) is 0 Å². The van der Waals surface area contributed by atoms with E-state index in [1.165, 1.54) is 4.90 Å². The molecule has 1 heterocycles. The van der Waals surface area contributed by atoms with Crippen molar-refractivity contribution in [2.24, 2.45) is 5.92 Å². The number of carbonyl (C=O) groups is 3. The molecule has 0 aliphatic carbocycles. The van der Waals surface area contributed by atoms with E-state index in [1.807, 2.05) is 20.8 Å². The van der Waals surface area contributed by atoms with E-state index in [0.717, 1.165) is 0 Å². The number of amides is 3. The second-order valence-electron chi connectivity index (χ2n) is 5.38. The quantitative estimate of drug-likeness (QED) is 0.681. The lowest BCUT2D eigenvalue weighted by atomic mass is 10.0. The molecule has 0 radical (unpaired) electrons. The van der Waals surface area contributed by atoms with Gasteiger partial charge in [-0.1, -0.05) is 20.8 Å². The number of carboxylic acids is 1. The van der Waals surface area contributed by atoms with Crippen LogP contribution in [0.4, 0.5) is 4.79 Å². The summed E-state index contributed by atoms with van der Waals surface area (Å²) in [7, 11) is 0. The minimum Gasteiger partial charge on any atom is -0.480 e. The van der Waals surface area contributed by atoms with Gasteiger partial charge in [-0.25, -0.2) is 9.59 Å². The number of carbonyl (C=O) groups excluding carboxylic acids is 2. The molecule has 1 fully saturated rings. The molecule has 2 unspecified atom stereocenters. The van der Waals surface area contributed by atoms with Gasteiger partial charge in [0.25, 0.3) is 0 Å². The lowest BCUT2D eigenvalue weighted by Gasteiger charge is -2.35. The van der Waals surface area contributed by atoms with E-state index in [4.69, 9.17) is 5.11 Å². The summed E-state index contributed by atoms with van der Waals surface area (Å²) in [6.45, 7) is 6.39. The third-order valence-corrected chi connectivity index (χ3v) is 3.28. The fourth-order valence-corrected chi connectivity index (χ4v) is 2.29. The molecule has 0 spiro atoms. The fourth-order valence-electron chi connectivity index (χ4n) is 2.29. The number of urea groups is 1. The second-order valence-corrected chi connectivity index (χ2v) is 5.38. The highest BCUT2D eigenvalue weighted by Gasteiger charge is 2.33. The van der Waals surface area contributed by atoms with E-state index in [0.29, 0.717) is 25.9 Å². The summed E-state index contributed by atoms with van der Waals surface area (Å²) >= 11 is 0. The monoisotopic (exact) mass is 285 g/mol. The highest BCUT2D eigenvalue weighted by molar-refractivity contribution is 5.89. The molecule has 1 aliphatic rings. The van der Waals surface area contributed by atoms with Gasteiger partial charge >= 0.3 is 12.0 Å². The van der Waals surface area contributed by atoms with Crippen molar-refractivity contribution in [2.75, 3.05) is 13.1 Å². The first-order valence-electron chi connectivity index (χ1n) is 6.94. The van der Waals surface area contributed by atoms with Gasteiger partial charge in [-0.3, -0.25) is 4.79 Å². The van der Waals surface area contributed by atoms with Crippen molar-refractivity contribution in [1.82, 2.24) is 15.5 Å². The van der Waals surface area contributed by atoms with E-state index in [-0.39, 0.29) is 11.8 Å². The van der Waals surface area contributed by atoms with Gasteiger partial charge in [0.15, 0.2) is 0 Å². The molecule has 1 aliphatic heterocycles. The van der Waals surface area contributed by atoms with E-state index >= 15 is 0 Å². The van der Waals surface area contributed by atoms with Gasteiger partial charge in [-0.15, -0.1) is 0 Å². The van der Waals surface area contributed by atoms with Crippen molar-refractivity contribution in [3.05, 3.63) is 0 Å². The second kappa shape index (κ2) is 7.12. The molecular formula is C13H23N3O4. The van der Waals surface area contributed by atoms with Crippen LogP contribution in [0.2, 0.25) is 0 Å². The Labute approximate surface area is 118 Å². The zero-order chi connectivity index (χ0) is 15.3. The zero-order valence-electron chi connectivity index (χ0n) is 12.2.